The molecule has 1 rings (SSSR count). The zero-order chi connectivity index (χ0) is 11.4. The van der Waals surface area contributed by atoms with Crippen LogP contribution in [0.2, 0.25) is 0 Å². The van der Waals surface area contributed by atoms with E-state index in [1.54, 1.807) is 14.2 Å². The molecule has 0 saturated heterocycles. The quantitative estimate of drug-likeness (QED) is 0.777. The van der Waals surface area contributed by atoms with Gasteiger partial charge >= 0.3 is 0 Å². The molecule has 0 aromatic heterocycles. The van der Waals surface area contributed by atoms with Crippen molar-refractivity contribution in [1.82, 2.24) is 0 Å². The van der Waals surface area contributed by atoms with Crippen molar-refractivity contribution in [2.45, 2.75) is 13.0 Å². The lowest BCUT2D eigenvalue weighted by molar-refractivity contribution is 0.379. The van der Waals surface area contributed by atoms with E-state index in [4.69, 9.17) is 20.9 Å². The van der Waals surface area contributed by atoms with Crippen molar-refractivity contribution in [2.24, 2.45) is 11.5 Å². The Balaban J connectivity index is 3.30. The van der Waals surface area contributed by atoms with Crippen LogP contribution < -0.4 is 20.9 Å². The number of hydrogen-bond donors (Lipinski definition) is 2. The van der Waals surface area contributed by atoms with Crippen LogP contribution in [0.3, 0.4) is 0 Å². The lowest BCUT2D eigenvalue weighted by Crippen LogP contribution is -2.22. The molecule has 0 saturated carbocycles. The summed E-state index contributed by atoms with van der Waals surface area (Å²) in [5, 5.41) is 0. The monoisotopic (exact) mass is 210 g/mol. The van der Waals surface area contributed by atoms with E-state index in [0.29, 0.717) is 6.54 Å². The van der Waals surface area contributed by atoms with Gasteiger partial charge in [0.1, 0.15) is 11.5 Å². The van der Waals surface area contributed by atoms with Crippen LogP contribution in [0, 0.1) is 6.92 Å². The molecule has 84 valence electrons. The van der Waals surface area contributed by atoms with Crippen LogP contribution in [0.1, 0.15) is 17.2 Å². The largest absolute Gasteiger partial charge is 0.496 e. The van der Waals surface area contributed by atoms with Gasteiger partial charge in [0, 0.05) is 12.6 Å². The van der Waals surface area contributed by atoms with Crippen LogP contribution in [0.15, 0.2) is 12.1 Å². The highest BCUT2D eigenvalue weighted by Gasteiger charge is 2.16. The van der Waals surface area contributed by atoms with Crippen LogP contribution in [0.4, 0.5) is 0 Å². The fraction of sp³-hybridized carbons (Fsp3) is 0.455. The second kappa shape index (κ2) is 5.00. The Labute approximate surface area is 90.2 Å². The molecule has 4 nitrogen and oxygen atoms in total. The number of benzene rings is 1. The van der Waals surface area contributed by atoms with Gasteiger partial charge in [-0.25, -0.2) is 0 Å². The maximum absolute atomic E-state index is 5.91. The molecule has 0 spiro atoms. The van der Waals surface area contributed by atoms with Crippen LogP contribution >= 0.6 is 0 Å². The molecule has 0 aliphatic heterocycles. The van der Waals surface area contributed by atoms with E-state index >= 15 is 0 Å². The van der Waals surface area contributed by atoms with E-state index in [0.717, 1.165) is 22.6 Å². The van der Waals surface area contributed by atoms with Crippen LogP contribution in [0.25, 0.3) is 0 Å². The van der Waals surface area contributed by atoms with Gasteiger partial charge in [-0.1, -0.05) is 0 Å². The zero-order valence-corrected chi connectivity index (χ0v) is 9.41. The summed E-state index contributed by atoms with van der Waals surface area (Å²) in [5.41, 5.74) is 13.4. The summed E-state index contributed by atoms with van der Waals surface area (Å²) in [7, 11) is 3.22. The molecule has 1 atom stereocenters. The second-order valence-corrected chi connectivity index (χ2v) is 3.43. The molecule has 0 radical (unpaired) electrons. The Morgan fingerprint density at radius 3 is 2.00 bits per heavy atom. The maximum Gasteiger partial charge on any atom is 0.127 e. The molecule has 1 aromatic rings. The lowest BCUT2D eigenvalue weighted by Gasteiger charge is -2.18. The standard InChI is InChI=1S/C11H18N2O2/c1-7-4-9(14-2)11(8(13)6-12)10(5-7)15-3/h4-5,8H,6,12-13H2,1-3H3/t8-/m0/s1. The fourth-order valence-electron chi connectivity index (χ4n) is 1.55. The van der Waals surface area contributed by atoms with Crippen LogP contribution in [-0.2, 0) is 0 Å². The molecule has 1 aromatic carbocycles. The minimum Gasteiger partial charge on any atom is -0.496 e. The van der Waals surface area contributed by atoms with Gasteiger partial charge in [0.25, 0.3) is 0 Å². The topological polar surface area (TPSA) is 70.5 Å². The molecule has 4 N–H and O–H groups in total. The van der Waals surface area contributed by atoms with Crippen molar-refractivity contribution in [3.8, 4) is 11.5 Å². The summed E-state index contributed by atoms with van der Waals surface area (Å²) >= 11 is 0. The van der Waals surface area contributed by atoms with Crippen molar-refractivity contribution in [2.75, 3.05) is 20.8 Å². The molecule has 0 aliphatic carbocycles. The number of aryl methyl sites for hydroxylation is 1. The van der Waals surface area contributed by atoms with E-state index in [2.05, 4.69) is 0 Å². The number of ether oxygens (including phenoxy) is 2. The van der Waals surface area contributed by atoms with Crippen molar-refractivity contribution < 1.29 is 9.47 Å². The Morgan fingerprint density at radius 2 is 1.67 bits per heavy atom. The van der Waals surface area contributed by atoms with Gasteiger partial charge in [-0.3, -0.25) is 0 Å². The second-order valence-electron chi connectivity index (χ2n) is 3.43. The Morgan fingerprint density at radius 1 is 1.20 bits per heavy atom. The summed E-state index contributed by atoms with van der Waals surface area (Å²) < 4.78 is 10.6. The summed E-state index contributed by atoms with van der Waals surface area (Å²) in [4.78, 5) is 0. The summed E-state index contributed by atoms with van der Waals surface area (Å²) in [6.45, 7) is 2.33. The number of rotatable bonds is 4. The highest BCUT2D eigenvalue weighted by molar-refractivity contribution is 5.49. The zero-order valence-electron chi connectivity index (χ0n) is 9.41. The number of nitrogens with two attached hydrogens (primary N) is 2. The Hall–Kier alpha value is -1.26. The smallest absolute Gasteiger partial charge is 0.127 e. The number of methoxy groups -OCH3 is 2. The molecule has 15 heavy (non-hydrogen) atoms. The average Bonchev–Trinajstić information content (AvgIpc) is 2.26. The van der Waals surface area contributed by atoms with E-state index in [9.17, 15) is 0 Å². The Kier molecular flexibility index (Phi) is 3.94. The normalized spacial score (nSPS) is 12.3. The van der Waals surface area contributed by atoms with Gasteiger partial charge in [0.15, 0.2) is 0 Å². The fourth-order valence-corrected chi connectivity index (χ4v) is 1.55. The molecule has 0 unspecified atom stereocenters. The van der Waals surface area contributed by atoms with Gasteiger partial charge in [-0.2, -0.15) is 0 Å². The van der Waals surface area contributed by atoms with E-state index < -0.39 is 0 Å². The lowest BCUT2D eigenvalue weighted by atomic mass is 10.0. The first kappa shape index (κ1) is 11.8. The first-order valence-corrected chi connectivity index (χ1v) is 4.82. The van der Waals surface area contributed by atoms with Gasteiger partial charge < -0.3 is 20.9 Å². The molecule has 0 fully saturated rings. The van der Waals surface area contributed by atoms with Crippen molar-refractivity contribution in [3.63, 3.8) is 0 Å². The first-order chi connectivity index (χ1) is 7.13. The molecule has 0 heterocycles. The van der Waals surface area contributed by atoms with Gasteiger partial charge in [-0.15, -0.1) is 0 Å². The molecular weight excluding hydrogens is 192 g/mol. The third-order valence-electron chi connectivity index (χ3n) is 2.31. The van der Waals surface area contributed by atoms with Crippen molar-refractivity contribution in [1.29, 1.82) is 0 Å². The van der Waals surface area contributed by atoms with E-state index in [1.807, 2.05) is 19.1 Å². The highest BCUT2D eigenvalue weighted by atomic mass is 16.5. The van der Waals surface area contributed by atoms with Crippen LogP contribution in [-0.4, -0.2) is 20.8 Å². The van der Waals surface area contributed by atoms with Gasteiger partial charge in [0.05, 0.1) is 19.8 Å². The van der Waals surface area contributed by atoms with E-state index in [-0.39, 0.29) is 6.04 Å². The highest BCUT2D eigenvalue weighted by Crippen LogP contribution is 2.34. The predicted molar refractivity (Wildman–Crippen MR) is 60.3 cm³/mol. The molecule has 4 heteroatoms. The first-order valence-electron chi connectivity index (χ1n) is 4.82. The molecule has 0 aliphatic rings. The number of hydrogen-bond acceptors (Lipinski definition) is 4. The van der Waals surface area contributed by atoms with E-state index in [1.165, 1.54) is 0 Å². The third kappa shape index (κ3) is 2.40. The summed E-state index contributed by atoms with van der Waals surface area (Å²) in [5.74, 6) is 1.45. The minimum atomic E-state index is -0.268. The SMILES string of the molecule is COc1cc(C)cc(OC)c1[C@@H](N)CN. The predicted octanol–water partition coefficient (Wildman–Crippen LogP) is 0.971. The van der Waals surface area contributed by atoms with Crippen molar-refractivity contribution in [3.05, 3.63) is 23.3 Å². The Bertz CT molecular complexity index is 314. The minimum absolute atomic E-state index is 0.268. The summed E-state index contributed by atoms with van der Waals surface area (Å²) in [6.07, 6.45) is 0. The summed E-state index contributed by atoms with van der Waals surface area (Å²) in [6, 6.07) is 3.58. The molecule has 0 bridgehead atoms. The third-order valence-corrected chi connectivity index (χ3v) is 2.31. The molecule has 0 amide bonds. The maximum atomic E-state index is 5.91. The van der Waals surface area contributed by atoms with Crippen molar-refractivity contribution >= 4 is 0 Å². The van der Waals surface area contributed by atoms with Gasteiger partial charge in [0.2, 0.25) is 0 Å². The average molecular weight is 210 g/mol. The van der Waals surface area contributed by atoms with Crippen LogP contribution in [0.5, 0.6) is 11.5 Å². The molecular formula is C11H18N2O2. The van der Waals surface area contributed by atoms with Gasteiger partial charge in [-0.05, 0) is 24.6 Å².